The van der Waals surface area contributed by atoms with Gasteiger partial charge in [-0.3, -0.25) is 4.90 Å². The maximum atomic E-state index is 13.9. The maximum absolute atomic E-state index is 13.9. The summed E-state index contributed by atoms with van der Waals surface area (Å²) >= 11 is 0. The summed E-state index contributed by atoms with van der Waals surface area (Å²) in [6.45, 7) is 5.04. The minimum atomic E-state index is -0.535. The van der Waals surface area contributed by atoms with Crippen LogP contribution in [0.25, 0.3) is 0 Å². The van der Waals surface area contributed by atoms with Crippen LogP contribution >= 0.6 is 0 Å². The summed E-state index contributed by atoms with van der Waals surface area (Å²) in [5, 5.41) is 0. The second-order valence-electron chi connectivity index (χ2n) is 5.30. The molecule has 0 bridgehead atoms. The summed E-state index contributed by atoms with van der Waals surface area (Å²) in [5.74, 6) is -1.01. The number of hydrogen-bond acceptors (Lipinski definition) is 2. The molecular weight excluding hydrogens is 234 g/mol. The van der Waals surface area contributed by atoms with E-state index in [1.165, 1.54) is 6.07 Å². The van der Waals surface area contributed by atoms with Gasteiger partial charge in [0.05, 0.1) is 0 Å². The van der Waals surface area contributed by atoms with Crippen LogP contribution in [0, 0.1) is 11.6 Å². The van der Waals surface area contributed by atoms with E-state index in [4.69, 9.17) is 5.73 Å². The first-order valence-corrected chi connectivity index (χ1v) is 6.45. The molecule has 1 fully saturated rings. The van der Waals surface area contributed by atoms with Crippen LogP contribution in [0.15, 0.2) is 18.2 Å². The number of halogens is 2. The van der Waals surface area contributed by atoms with Crippen LogP contribution in [0.5, 0.6) is 0 Å². The Bertz CT molecular complexity index is 420. The van der Waals surface area contributed by atoms with E-state index in [1.807, 2.05) is 0 Å². The number of nitrogens with two attached hydrogens (primary N) is 1. The van der Waals surface area contributed by atoms with Gasteiger partial charge in [0.1, 0.15) is 11.6 Å². The van der Waals surface area contributed by atoms with Crippen LogP contribution in [-0.2, 0) is 0 Å². The van der Waals surface area contributed by atoms with Crippen LogP contribution in [0.2, 0.25) is 0 Å². The van der Waals surface area contributed by atoms with Gasteiger partial charge in [0.25, 0.3) is 0 Å². The predicted octanol–water partition coefficient (Wildman–Crippen LogP) is 2.84. The first-order chi connectivity index (χ1) is 8.49. The van der Waals surface area contributed by atoms with E-state index in [0.717, 1.165) is 25.5 Å². The Morgan fingerprint density at radius 2 is 2.06 bits per heavy atom. The molecule has 1 aliphatic rings. The molecule has 2 N–H and O–H groups in total. The highest BCUT2D eigenvalue weighted by atomic mass is 19.1. The molecule has 4 heteroatoms. The third-order valence-electron chi connectivity index (χ3n) is 3.67. The standard InChI is InChI=1S/C14H20F2N2/c1-9(2)18-6-5-11(17)8-14(18)12-4-3-10(15)7-13(12)16/h3-4,7,9,11,14H,5-6,8,17H2,1-2H3/t11-,14+/m1/s1. The molecule has 0 unspecified atom stereocenters. The number of benzene rings is 1. The predicted molar refractivity (Wildman–Crippen MR) is 68.2 cm³/mol. The molecular formula is C14H20F2N2. The van der Waals surface area contributed by atoms with Gasteiger partial charge in [0.2, 0.25) is 0 Å². The summed E-state index contributed by atoms with van der Waals surface area (Å²) < 4.78 is 26.9. The van der Waals surface area contributed by atoms with Crippen molar-refractivity contribution in [2.24, 2.45) is 5.73 Å². The molecule has 0 saturated carbocycles. The number of hydrogen-bond donors (Lipinski definition) is 1. The Labute approximate surface area is 107 Å². The highest BCUT2D eigenvalue weighted by Crippen LogP contribution is 2.33. The number of piperidine rings is 1. The van der Waals surface area contributed by atoms with Crippen molar-refractivity contribution >= 4 is 0 Å². The summed E-state index contributed by atoms with van der Waals surface area (Å²) in [4.78, 5) is 2.24. The van der Waals surface area contributed by atoms with Crippen molar-refractivity contribution in [3.8, 4) is 0 Å². The maximum Gasteiger partial charge on any atom is 0.130 e. The van der Waals surface area contributed by atoms with Crippen LogP contribution in [-0.4, -0.2) is 23.5 Å². The van der Waals surface area contributed by atoms with Crippen LogP contribution in [0.3, 0.4) is 0 Å². The fourth-order valence-corrected chi connectivity index (χ4v) is 2.71. The van der Waals surface area contributed by atoms with E-state index in [2.05, 4.69) is 18.7 Å². The Morgan fingerprint density at radius 3 is 2.67 bits per heavy atom. The highest BCUT2D eigenvalue weighted by molar-refractivity contribution is 5.23. The van der Waals surface area contributed by atoms with Gasteiger partial charge in [0, 0.05) is 36.3 Å². The zero-order valence-electron chi connectivity index (χ0n) is 10.9. The van der Waals surface area contributed by atoms with Gasteiger partial charge in [-0.05, 0) is 32.8 Å². The molecule has 0 aliphatic carbocycles. The molecule has 1 aromatic rings. The van der Waals surface area contributed by atoms with E-state index in [1.54, 1.807) is 6.07 Å². The van der Waals surface area contributed by atoms with Crippen molar-refractivity contribution in [3.63, 3.8) is 0 Å². The van der Waals surface area contributed by atoms with Crippen molar-refractivity contribution in [2.75, 3.05) is 6.54 Å². The second kappa shape index (κ2) is 5.33. The lowest BCUT2D eigenvalue weighted by Gasteiger charge is -2.41. The van der Waals surface area contributed by atoms with Crippen molar-refractivity contribution in [1.82, 2.24) is 4.90 Å². The molecule has 1 aromatic carbocycles. The molecule has 1 aliphatic heterocycles. The summed E-state index contributed by atoms with van der Waals surface area (Å²) in [6.07, 6.45) is 1.65. The lowest BCUT2D eigenvalue weighted by Crippen LogP contribution is -2.45. The zero-order chi connectivity index (χ0) is 13.3. The molecule has 2 nitrogen and oxygen atoms in total. The zero-order valence-corrected chi connectivity index (χ0v) is 10.9. The van der Waals surface area contributed by atoms with E-state index in [9.17, 15) is 8.78 Å². The first-order valence-electron chi connectivity index (χ1n) is 6.45. The Balaban J connectivity index is 2.32. The normalized spacial score (nSPS) is 25.7. The van der Waals surface area contributed by atoms with Gasteiger partial charge < -0.3 is 5.73 Å². The number of rotatable bonds is 2. The fraction of sp³-hybridized carbons (Fsp3) is 0.571. The lowest BCUT2D eigenvalue weighted by atomic mass is 9.91. The van der Waals surface area contributed by atoms with Gasteiger partial charge in [-0.1, -0.05) is 6.07 Å². The van der Waals surface area contributed by atoms with E-state index in [-0.39, 0.29) is 12.1 Å². The van der Waals surface area contributed by atoms with Crippen molar-refractivity contribution < 1.29 is 8.78 Å². The summed E-state index contributed by atoms with van der Waals surface area (Å²) in [7, 11) is 0. The molecule has 1 heterocycles. The van der Waals surface area contributed by atoms with Gasteiger partial charge >= 0.3 is 0 Å². The largest absolute Gasteiger partial charge is 0.328 e. The minimum Gasteiger partial charge on any atom is -0.328 e. The molecule has 2 atom stereocenters. The van der Waals surface area contributed by atoms with Gasteiger partial charge in [-0.25, -0.2) is 8.78 Å². The molecule has 1 saturated heterocycles. The van der Waals surface area contributed by atoms with E-state index < -0.39 is 11.6 Å². The van der Waals surface area contributed by atoms with E-state index >= 15 is 0 Å². The molecule has 100 valence electrons. The molecule has 0 spiro atoms. The van der Waals surface area contributed by atoms with Gasteiger partial charge in [-0.2, -0.15) is 0 Å². The van der Waals surface area contributed by atoms with Gasteiger partial charge in [-0.15, -0.1) is 0 Å². The minimum absolute atomic E-state index is 0.0469. The number of nitrogens with zero attached hydrogens (tertiary/aromatic N) is 1. The average Bonchev–Trinajstić information content (AvgIpc) is 2.28. The third-order valence-corrected chi connectivity index (χ3v) is 3.67. The Kier molecular flexibility index (Phi) is 3.97. The molecule has 2 rings (SSSR count). The van der Waals surface area contributed by atoms with Gasteiger partial charge in [0.15, 0.2) is 0 Å². The van der Waals surface area contributed by atoms with Crippen LogP contribution in [0.4, 0.5) is 8.78 Å². The summed E-state index contributed by atoms with van der Waals surface area (Å²) in [5.41, 5.74) is 6.54. The Morgan fingerprint density at radius 1 is 1.33 bits per heavy atom. The van der Waals surface area contributed by atoms with Crippen LogP contribution in [0.1, 0.15) is 38.3 Å². The Hall–Kier alpha value is -1.00. The van der Waals surface area contributed by atoms with Crippen molar-refractivity contribution in [3.05, 3.63) is 35.4 Å². The molecule has 0 amide bonds. The van der Waals surface area contributed by atoms with Crippen molar-refractivity contribution in [2.45, 2.75) is 44.8 Å². The quantitative estimate of drug-likeness (QED) is 0.879. The first kappa shape index (κ1) is 13.4. The van der Waals surface area contributed by atoms with Crippen LogP contribution < -0.4 is 5.73 Å². The third kappa shape index (κ3) is 2.70. The SMILES string of the molecule is CC(C)N1CC[C@@H](N)C[C@H]1c1ccc(F)cc1F. The smallest absolute Gasteiger partial charge is 0.130 e. The number of likely N-dealkylation sites (tertiary alicyclic amines) is 1. The monoisotopic (exact) mass is 254 g/mol. The summed E-state index contributed by atoms with van der Waals surface area (Å²) in [6, 6.07) is 4.18. The lowest BCUT2D eigenvalue weighted by molar-refractivity contribution is 0.0990. The van der Waals surface area contributed by atoms with E-state index in [0.29, 0.717) is 11.6 Å². The average molecular weight is 254 g/mol. The molecule has 0 radical (unpaired) electrons. The molecule has 0 aromatic heterocycles. The molecule has 18 heavy (non-hydrogen) atoms. The highest BCUT2D eigenvalue weighted by Gasteiger charge is 2.31. The second-order valence-corrected chi connectivity index (χ2v) is 5.30. The van der Waals surface area contributed by atoms with Crippen molar-refractivity contribution in [1.29, 1.82) is 0 Å². The topological polar surface area (TPSA) is 29.3 Å². The fourth-order valence-electron chi connectivity index (χ4n) is 2.71.